The lowest BCUT2D eigenvalue weighted by Crippen LogP contribution is -2.30. The average molecular weight is 667 g/mol. The maximum absolute atomic E-state index is 5.20. The van der Waals surface area contributed by atoms with Crippen molar-refractivity contribution >= 4 is 65.8 Å². The third-order valence-corrected chi connectivity index (χ3v) is 10.5. The first-order valence-corrected chi connectivity index (χ1v) is 17.7. The van der Waals surface area contributed by atoms with Gasteiger partial charge in [0, 0.05) is 32.8 Å². The fourth-order valence-corrected chi connectivity index (χ4v) is 8.26. The van der Waals surface area contributed by atoms with Crippen LogP contribution in [-0.4, -0.2) is 14.8 Å². The van der Waals surface area contributed by atoms with E-state index in [0.717, 1.165) is 39.3 Å². The van der Waals surface area contributed by atoms with Crippen LogP contribution < -0.4 is 5.32 Å². The summed E-state index contributed by atoms with van der Waals surface area (Å²) in [5, 5.41) is 11.2. The minimum absolute atomic E-state index is 0.390. The Morgan fingerprint density at radius 3 is 1.90 bits per heavy atom. The summed E-state index contributed by atoms with van der Waals surface area (Å²) in [5.74, 6) is 0. The van der Waals surface area contributed by atoms with Gasteiger partial charge in [0.05, 0.1) is 33.5 Å². The smallest absolute Gasteiger partial charge is 0.201 e. The summed E-state index contributed by atoms with van der Waals surface area (Å²) in [7, 11) is 0. The van der Waals surface area contributed by atoms with Gasteiger partial charge < -0.3 is 14.5 Å². The number of benzene rings is 7. The van der Waals surface area contributed by atoms with Gasteiger partial charge in [-0.3, -0.25) is 0 Å². The first-order valence-electron chi connectivity index (χ1n) is 17.7. The number of hydrogen-bond acceptors (Lipinski definition) is 2. The molecular formula is C48H34N4. The van der Waals surface area contributed by atoms with Crippen LogP contribution in [0.25, 0.3) is 76.9 Å². The van der Waals surface area contributed by atoms with Crippen molar-refractivity contribution in [1.82, 2.24) is 14.5 Å². The van der Waals surface area contributed by atoms with E-state index in [1.54, 1.807) is 0 Å². The van der Waals surface area contributed by atoms with E-state index in [2.05, 4.69) is 179 Å². The minimum atomic E-state index is -0.390. The Balaban J connectivity index is 1.21. The molecule has 9 aromatic rings. The Bertz CT molecular complexity index is 2960. The summed E-state index contributed by atoms with van der Waals surface area (Å²) in [6.07, 6.45) is 3.30. The molecule has 0 saturated carbocycles. The highest BCUT2D eigenvalue weighted by molar-refractivity contribution is 6.24. The summed E-state index contributed by atoms with van der Waals surface area (Å²) in [4.78, 5) is 5.20. The molecule has 0 bridgehead atoms. The van der Waals surface area contributed by atoms with E-state index in [0.29, 0.717) is 0 Å². The van der Waals surface area contributed by atoms with Crippen LogP contribution in [0.5, 0.6) is 0 Å². The van der Waals surface area contributed by atoms with Gasteiger partial charge in [0.1, 0.15) is 0 Å². The predicted octanol–water partition coefficient (Wildman–Crippen LogP) is 12.0. The van der Waals surface area contributed by atoms with E-state index in [-0.39, 0.29) is 6.29 Å². The quantitative estimate of drug-likeness (QED) is 0.188. The maximum Gasteiger partial charge on any atom is 0.201 e. The number of hydrogen-bond donors (Lipinski definition) is 1. The zero-order chi connectivity index (χ0) is 34.8. The Kier molecular flexibility index (Phi) is 6.83. The van der Waals surface area contributed by atoms with Crippen LogP contribution in [0.1, 0.15) is 11.9 Å². The summed E-state index contributed by atoms with van der Waals surface area (Å²) in [6, 6.07) is 56.6. The molecule has 3 heterocycles. The Hall–Kier alpha value is -6.91. The number of allylic oxidation sites excluding steroid dienone is 3. The van der Waals surface area contributed by atoms with Crippen LogP contribution in [0.2, 0.25) is 0 Å². The molecule has 1 aliphatic heterocycles. The number of aliphatic imine (C=N–C) groups is 1. The number of rotatable bonds is 6. The van der Waals surface area contributed by atoms with E-state index in [9.17, 15) is 0 Å². The highest BCUT2D eigenvalue weighted by Crippen LogP contribution is 2.43. The summed E-state index contributed by atoms with van der Waals surface area (Å²) in [6.45, 7) is 8.26. The van der Waals surface area contributed by atoms with Crippen molar-refractivity contribution in [3.63, 3.8) is 0 Å². The highest BCUT2D eigenvalue weighted by atomic mass is 15.3. The number of fused-ring (bicyclic) bond motifs is 8. The molecule has 246 valence electrons. The number of nitrogens with one attached hydrogen (secondary N) is 1. The molecule has 1 atom stereocenters. The SMILES string of the molecule is C=CC1=NC(n2c3ccccc3c3cc(-c4cc5c(c6ccccc46)c4ccccc4n5-c4ccccc4)ccc32)NC(c2ccccc2)=C1C=C. The number of nitrogens with zero attached hydrogens (tertiary/aromatic N) is 3. The van der Waals surface area contributed by atoms with Crippen LogP contribution in [0.4, 0.5) is 0 Å². The second-order valence-electron chi connectivity index (χ2n) is 13.3. The Morgan fingerprint density at radius 2 is 1.15 bits per heavy atom. The molecule has 0 amide bonds. The molecule has 0 fully saturated rings. The van der Waals surface area contributed by atoms with E-state index in [1.165, 1.54) is 54.5 Å². The zero-order valence-electron chi connectivity index (χ0n) is 28.5. The zero-order valence-corrected chi connectivity index (χ0v) is 28.5. The fourth-order valence-electron chi connectivity index (χ4n) is 8.26. The lowest BCUT2D eigenvalue weighted by Gasteiger charge is -2.28. The van der Waals surface area contributed by atoms with Gasteiger partial charge in [-0.1, -0.05) is 134 Å². The molecule has 7 aromatic carbocycles. The van der Waals surface area contributed by atoms with Gasteiger partial charge in [-0.05, 0) is 76.0 Å². The maximum atomic E-state index is 5.20. The molecule has 10 rings (SSSR count). The van der Waals surface area contributed by atoms with Crippen LogP contribution in [0.3, 0.4) is 0 Å². The molecule has 0 radical (unpaired) electrons. The third-order valence-electron chi connectivity index (χ3n) is 10.5. The fraction of sp³-hybridized carbons (Fsp3) is 0.0208. The molecule has 0 aliphatic carbocycles. The van der Waals surface area contributed by atoms with Gasteiger partial charge in [0.2, 0.25) is 6.29 Å². The second kappa shape index (κ2) is 11.9. The van der Waals surface area contributed by atoms with Gasteiger partial charge in [-0.15, -0.1) is 0 Å². The van der Waals surface area contributed by atoms with Crippen molar-refractivity contribution in [2.45, 2.75) is 6.29 Å². The normalized spacial score (nSPS) is 14.7. The monoisotopic (exact) mass is 666 g/mol. The lowest BCUT2D eigenvalue weighted by molar-refractivity contribution is 0.507. The minimum Gasteiger partial charge on any atom is -0.345 e. The first kappa shape index (κ1) is 30.0. The van der Waals surface area contributed by atoms with Crippen molar-refractivity contribution < 1.29 is 0 Å². The number of para-hydroxylation sites is 3. The van der Waals surface area contributed by atoms with Gasteiger partial charge >= 0.3 is 0 Å². The number of aromatic nitrogens is 2. The Labute approximate surface area is 301 Å². The second-order valence-corrected chi connectivity index (χ2v) is 13.3. The van der Waals surface area contributed by atoms with Gasteiger partial charge in [0.15, 0.2) is 0 Å². The molecule has 2 aromatic heterocycles. The van der Waals surface area contributed by atoms with Gasteiger partial charge in [-0.25, -0.2) is 4.99 Å². The van der Waals surface area contributed by atoms with Crippen molar-refractivity contribution in [2.75, 3.05) is 0 Å². The largest absolute Gasteiger partial charge is 0.345 e. The van der Waals surface area contributed by atoms with Gasteiger partial charge in [0.25, 0.3) is 0 Å². The molecule has 0 saturated heterocycles. The Morgan fingerprint density at radius 1 is 0.519 bits per heavy atom. The van der Waals surface area contributed by atoms with E-state index in [1.807, 2.05) is 18.2 Å². The summed E-state index contributed by atoms with van der Waals surface area (Å²) >= 11 is 0. The highest BCUT2D eigenvalue weighted by Gasteiger charge is 2.26. The van der Waals surface area contributed by atoms with E-state index >= 15 is 0 Å². The van der Waals surface area contributed by atoms with E-state index < -0.39 is 0 Å². The van der Waals surface area contributed by atoms with E-state index in [4.69, 9.17) is 4.99 Å². The third kappa shape index (κ3) is 4.44. The molecular weight excluding hydrogens is 633 g/mol. The first-order chi connectivity index (χ1) is 25.7. The standard InChI is InChI=1S/C48H34N4/c1-3-34-41(4-2)49-48(50-47(34)31-17-7-5-8-18-31)52-42-25-15-13-22-36(42)40-29-32(27-28-44(40)52)39-30-45-46(37-23-12-11-21-35(37)39)38-24-14-16-26-43(38)51(45)33-19-9-6-10-20-33/h3-30,48,50H,1-2H2. The van der Waals surface area contributed by atoms with Crippen LogP contribution >= 0.6 is 0 Å². The summed E-state index contributed by atoms with van der Waals surface area (Å²) in [5.41, 5.74) is 12.0. The predicted molar refractivity (Wildman–Crippen MR) is 220 cm³/mol. The molecule has 4 heteroatoms. The molecule has 1 aliphatic rings. The summed E-state index contributed by atoms with van der Waals surface area (Å²) < 4.78 is 4.72. The van der Waals surface area contributed by atoms with Crippen molar-refractivity contribution in [2.24, 2.45) is 4.99 Å². The van der Waals surface area contributed by atoms with Crippen molar-refractivity contribution in [3.8, 4) is 16.8 Å². The molecule has 1 unspecified atom stereocenters. The lowest BCUT2D eigenvalue weighted by atomic mass is 9.94. The molecule has 1 N–H and O–H groups in total. The van der Waals surface area contributed by atoms with Crippen LogP contribution in [0, 0.1) is 0 Å². The molecule has 0 spiro atoms. The molecule has 52 heavy (non-hydrogen) atoms. The van der Waals surface area contributed by atoms with Gasteiger partial charge in [-0.2, -0.15) is 0 Å². The van der Waals surface area contributed by atoms with Crippen LogP contribution in [0.15, 0.2) is 194 Å². The topological polar surface area (TPSA) is 34.2 Å². The van der Waals surface area contributed by atoms with Crippen LogP contribution in [-0.2, 0) is 0 Å². The average Bonchev–Trinajstić information content (AvgIpc) is 3.73. The van der Waals surface area contributed by atoms with Crippen molar-refractivity contribution in [1.29, 1.82) is 0 Å². The van der Waals surface area contributed by atoms with Crippen molar-refractivity contribution in [3.05, 3.63) is 194 Å². The molecule has 4 nitrogen and oxygen atoms in total.